The van der Waals surface area contributed by atoms with Crippen LogP contribution in [0, 0.1) is 0 Å². The van der Waals surface area contributed by atoms with Crippen LogP contribution in [0.1, 0.15) is 22.8 Å². The molecule has 2 aromatic rings. The van der Waals surface area contributed by atoms with Gasteiger partial charge in [-0.15, -0.1) is 0 Å². The minimum atomic E-state index is -0.000979. The number of phenols is 1. The Morgan fingerprint density at radius 3 is 2.44 bits per heavy atom. The van der Waals surface area contributed by atoms with Crippen molar-refractivity contribution in [2.24, 2.45) is 0 Å². The molecule has 0 heterocycles. The minimum absolute atomic E-state index is 0.000979. The third kappa shape index (κ3) is 2.86. The second kappa shape index (κ2) is 5.32. The molecule has 0 aromatic heterocycles. The topological polar surface area (TPSA) is 37.3 Å². The predicted molar refractivity (Wildman–Crippen MR) is 72.5 cm³/mol. The van der Waals surface area contributed by atoms with Crippen LogP contribution in [-0.2, 0) is 0 Å². The van der Waals surface area contributed by atoms with Gasteiger partial charge < -0.3 is 5.11 Å². The Kier molecular flexibility index (Phi) is 3.58. The molecule has 0 fully saturated rings. The molecule has 2 aromatic carbocycles. The summed E-state index contributed by atoms with van der Waals surface area (Å²) in [6.45, 7) is 1.78. The molecule has 0 atom stereocenters. The molecule has 2 rings (SSSR count). The van der Waals surface area contributed by atoms with Gasteiger partial charge in [-0.05, 0) is 36.3 Å². The molecular weight excluding hydrogens is 224 g/mol. The molecule has 0 unspecified atom stereocenters. The summed E-state index contributed by atoms with van der Waals surface area (Å²) in [6, 6.07) is 16.0. The summed E-state index contributed by atoms with van der Waals surface area (Å²) in [7, 11) is 0. The lowest BCUT2D eigenvalue weighted by atomic mass is 10.0. The van der Waals surface area contributed by atoms with Gasteiger partial charge in [0.15, 0.2) is 5.78 Å². The highest BCUT2D eigenvalue weighted by Gasteiger charge is 2.07. The Bertz CT molecular complexity index is 583. The Labute approximate surface area is 106 Å². The second-order valence-corrected chi connectivity index (χ2v) is 4.12. The number of ketones is 1. The maximum atomic E-state index is 12.1. The summed E-state index contributed by atoms with van der Waals surface area (Å²) in [6.07, 6.45) is 1.77. The summed E-state index contributed by atoms with van der Waals surface area (Å²) >= 11 is 0. The highest BCUT2D eigenvalue weighted by molar-refractivity contribution is 6.10. The summed E-state index contributed by atoms with van der Waals surface area (Å²) < 4.78 is 0. The van der Waals surface area contributed by atoms with Crippen LogP contribution < -0.4 is 0 Å². The number of benzene rings is 2. The fraction of sp³-hybridized carbons (Fsp3) is 0.0625. The van der Waals surface area contributed by atoms with Crippen LogP contribution in [0.25, 0.3) is 6.08 Å². The van der Waals surface area contributed by atoms with Gasteiger partial charge in [0.25, 0.3) is 0 Å². The first-order valence-corrected chi connectivity index (χ1v) is 5.74. The number of carbonyl (C=O) groups excluding carboxylic acids is 1. The van der Waals surface area contributed by atoms with Crippen LogP contribution in [-0.4, -0.2) is 10.9 Å². The zero-order valence-corrected chi connectivity index (χ0v) is 10.1. The van der Waals surface area contributed by atoms with E-state index in [-0.39, 0.29) is 11.5 Å². The Morgan fingerprint density at radius 1 is 1.06 bits per heavy atom. The van der Waals surface area contributed by atoms with Crippen molar-refractivity contribution in [3.05, 3.63) is 71.3 Å². The van der Waals surface area contributed by atoms with Crippen LogP contribution in [0.15, 0.2) is 60.2 Å². The molecule has 0 radical (unpaired) electrons. The Balaban J connectivity index is 2.26. The molecule has 0 bridgehead atoms. The molecule has 90 valence electrons. The summed E-state index contributed by atoms with van der Waals surface area (Å²) in [5.74, 6) is 0.197. The van der Waals surface area contributed by atoms with E-state index in [2.05, 4.69) is 0 Å². The molecule has 0 aliphatic heterocycles. The van der Waals surface area contributed by atoms with Crippen LogP contribution in [0.5, 0.6) is 5.75 Å². The summed E-state index contributed by atoms with van der Waals surface area (Å²) in [5, 5.41) is 9.37. The molecule has 0 saturated carbocycles. The summed E-state index contributed by atoms with van der Waals surface area (Å²) in [5.41, 5.74) is 2.13. The average molecular weight is 238 g/mol. The largest absolute Gasteiger partial charge is 0.508 e. The average Bonchev–Trinajstić information content (AvgIpc) is 2.39. The van der Waals surface area contributed by atoms with Gasteiger partial charge in [0.2, 0.25) is 0 Å². The van der Waals surface area contributed by atoms with Gasteiger partial charge >= 0.3 is 0 Å². The number of carbonyl (C=O) groups is 1. The van der Waals surface area contributed by atoms with Crippen LogP contribution >= 0.6 is 0 Å². The number of rotatable bonds is 3. The van der Waals surface area contributed by atoms with Crippen molar-refractivity contribution in [3.8, 4) is 5.75 Å². The van der Waals surface area contributed by atoms with Gasteiger partial charge in [0.05, 0.1) is 0 Å². The van der Waals surface area contributed by atoms with E-state index in [1.165, 1.54) is 0 Å². The van der Waals surface area contributed by atoms with Crippen molar-refractivity contribution < 1.29 is 9.90 Å². The van der Waals surface area contributed by atoms with E-state index in [4.69, 9.17) is 0 Å². The summed E-state index contributed by atoms with van der Waals surface area (Å²) in [4.78, 5) is 12.1. The van der Waals surface area contributed by atoms with Crippen molar-refractivity contribution in [3.63, 3.8) is 0 Å². The number of hydrogen-bond acceptors (Lipinski definition) is 2. The van der Waals surface area contributed by atoms with Gasteiger partial charge in [0.1, 0.15) is 5.75 Å². The molecule has 0 aliphatic carbocycles. The van der Waals surface area contributed by atoms with E-state index in [9.17, 15) is 9.90 Å². The fourth-order valence-corrected chi connectivity index (χ4v) is 1.75. The SMILES string of the molecule is CC(=Cc1cccc(O)c1)C(=O)c1ccccc1. The van der Waals surface area contributed by atoms with Crippen molar-refractivity contribution in [2.75, 3.05) is 0 Å². The lowest BCUT2D eigenvalue weighted by molar-refractivity contribution is 0.103. The Hall–Kier alpha value is -2.35. The molecule has 0 amide bonds. The van der Waals surface area contributed by atoms with Crippen LogP contribution in [0.4, 0.5) is 0 Å². The van der Waals surface area contributed by atoms with Gasteiger partial charge in [0, 0.05) is 5.56 Å². The van der Waals surface area contributed by atoms with Crippen LogP contribution in [0.2, 0.25) is 0 Å². The molecule has 18 heavy (non-hydrogen) atoms. The molecule has 2 heteroatoms. The standard InChI is InChI=1S/C16H14O2/c1-12(10-13-6-5-9-15(17)11-13)16(18)14-7-3-2-4-8-14/h2-11,17H,1H3. The van der Waals surface area contributed by atoms with Crippen LogP contribution in [0.3, 0.4) is 0 Å². The first-order chi connectivity index (χ1) is 8.66. The van der Waals surface area contributed by atoms with Crippen molar-refractivity contribution in [1.82, 2.24) is 0 Å². The lowest BCUT2D eigenvalue weighted by Gasteiger charge is -2.01. The van der Waals surface area contributed by atoms with E-state index in [1.807, 2.05) is 24.3 Å². The highest BCUT2D eigenvalue weighted by Crippen LogP contribution is 2.16. The minimum Gasteiger partial charge on any atom is -0.508 e. The number of phenolic OH excluding ortho intramolecular Hbond substituents is 1. The first-order valence-electron chi connectivity index (χ1n) is 5.74. The van der Waals surface area contributed by atoms with Crippen molar-refractivity contribution in [2.45, 2.75) is 6.92 Å². The third-order valence-electron chi connectivity index (χ3n) is 2.65. The molecule has 1 N–H and O–H groups in total. The smallest absolute Gasteiger partial charge is 0.188 e. The van der Waals surface area contributed by atoms with E-state index in [0.29, 0.717) is 11.1 Å². The van der Waals surface area contributed by atoms with E-state index in [1.54, 1.807) is 43.3 Å². The lowest BCUT2D eigenvalue weighted by Crippen LogP contribution is -1.99. The van der Waals surface area contributed by atoms with Gasteiger partial charge in [-0.1, -0.05) is 42.5 Å². The number of aromatic hydroxyl groups is 1. The molecular formula is C16H14O2. The van der Waals surface area contributed by atoms with Crippen molar-refractivity contribution >= 4 is 11.9 Å². The molecule has 2 nitrogen and oxygen atoms in total. The molecule has 0 spiro atoms. The van der Waals surface area contributed by atoms with E-state index < -0.39 is 0 Å². The maximum Gasteiger partial charge on any atom is 0.188 e. The number of allylic oxidation sites excluding steroid dienone is 1. The highest BCUT2D eigenvalue weighted by atomic mass is 16.3. The first kappa shape index (κ1) is 12.1. The quantitative estimate of drug-likeness (QED) is 0.654. The number of Topliss-reactive ketones (excluding diaryl/α,β-unsaturated/α-hetero) is 1. The van der Waals surface area contributed by atoms with Gasteiger partial charge in [-0.25, -0.2) is 0 Å². The fourth-order valence-electron chi connectivity index (χ4n) is 1.75. The third-order valence-corrected chi connectivity index (χ3v) is 2.65. The monoisotopic (exact) mass is 238 g/mol. The van der Waals surface area contributed by atoms with Crippen molar-refractivity contribution in [1.29, 1.82) is 0 Å². The molecule has 0 saturated heterocycles. The zero-order chi connectivity index (χ0) is 13.0. The second-order valence-electron chi connectivity index (χ2n) is 4.12. The van der Waals surface area contributed by atoms with Gasteiger partial charge in [-0.3, -0.25) is 4.79 Å². The van der Waals surface area contributed by atoms with E-state index >= 15 is 0 Å². The van der Waals surface area contributed by atoms with E-state index in [0.717, 1.165) is 5.56 Å². The zero-order valence-electron chi connectivity index (χ0n) is 10.1. The number of hydrogen-bond donors (Lipinski definition) is 1. The van der Waals surface area contributed by atoms with Gasteiger partial charge in [-0.2, -0.15) is 0 Å². The maximum absolute atomic E-state index is 12.1. The molecule has 0 aliphatic rings. The predicted octanol–water partition coefficient (Wildman–Crippen LogP) is 3.68. The normalized spacial score (nSPS) is 11.3. The Morgan fingerprint density at radius 2 is 1.78 bits per heavy atom.